The van der Waals surface area contributed by atoms with E-state index in [2.05, 4.69) is 43.8 Å². The Morgan fingerprint density at radius 1 is 0.303 bits per heavy atom. The molecule has 0 unspecified atom stereocenters. The van der Waals surface area contributed by atoms with Crippen LogP contribution < -0.4 is 21.9 Å². The summed E-state index contributed by atoms with van der Waals surface area (Å²) in [6, 6.07) is -0.215. The third-order valence-corrected chi connectivity index (χ3v) is 12.7. The number of alkyl halides is 24. The lowest BCUT2D eigenvalue weighted by Gasteiger charge is -2.46. The van der Waals surface area contributed by atoms with E-state index in [9.17, 15) is 105 Å². The van der Waals surface area contributed by atoms with Crippen molar-refractivity contribution in [2.75, 3.05) is 0 Å². The summed E-state index contributed by atoms with van der Waals surface area (Å²) >= 11 is 3.67. The minimum absolute atomic E-state index is 0.691. The SMILES string of the molecule is CCCCCCCCCCCCc1ccccc1[SH2+].FC(F)(F)c1cc([B-](c2cc(C(F)(F)F)cc(C(F)(F)F)c2)(c2cc(C(F)(F)F)cc(C(F)(F)F)c2)c2cc(C(F)(F)F)cc(C(F)(F)F)c2)cc(C(F)(F)F)c1. The molecule has 26 heteroatoms. The fourth-order valence-corrected chi connectivity index (χ4v) is 8.92. The van der Waals surface area contributed by atoms with E-state index in [0.29, 0.717) is 0 Å². The van der Waals surface area contributed by atoms with Crippen LogP contribution in [0.3, 0.4) is 0 Å². The van der Waals surface area contributed by atoms with Gasteiger partial charge in [0, 0.05) is 5.56 Å². The zero-order chi connectivity index (χ0) is 57.7. The predicted octanol–water partition coefficient (Wildman–Crippen LogP) is 16.7. The average Bonchev–Trinajstić information content (AvgIpc) is 3.28. The lowest BCUT2D eigenvalue weighted by Crippen LogP contribution is -2.75. The van der Waals surface area contributed by atoms with Crippen LogP contribution in [0.5, 0.6) is 0 Å². The van der Waals surface area contributed by atoms with Gasteiger partial charge in [0.2, 0.25) is 0 Å². The van der Waals surface area contributed by atoms with Crippen molar-refractivity contribution < 1.29 is 105 Å². The fourth-order valence-electron chi connectivity index (χ4n) is 8.61. The van der Waals surface area contributed by atoms with E-state index in [-0.39, 0.29) is 0 Å². The molecule has 0 saturated carbocycles. The van der Waals surface area contributed by atoms with Crippen LogP contribution in [0, 0.1) is 0 Å². The lowest BCUT2D eigenvalue weighted by molar-refractivity contribution is -0.144. The Labute approximate surface area is 424 Å². The van der Waals surface area contributed by atoms with Crippen LogP contribution in [0.15, 0.2) is 102 Å². The van der Waals surface area contributed by atoms with Crippen molar-refractivity contribution >= 4 is 40.6 Å². The van der Waals surface area contributed by atoms with E-state index < -0.39 is 195 Å². The first-order chi connectivity index (χ1) is 34.6. The van der Waals surface area contributed by atoms with Crippen molar-refractivity contribution in [3.63, 3.8) is 0 Å². The Morgan fingerprint density at radius 3 is 0.724 bits per heavy atom. The Bertz CT molecular complexity index is 2280. The maximum atomic E-state index is 14.2. The summed E-state index contributed by atoms with van der Waals surface area (Å²) < 4.78 is 341. The topological polar surface area (TPSA) is 0 Å². The third-order valence-electron chi connectivity index (χ3n) is 12.3. The van der Waals surface area contributed by atoms with Gasteiger partial charge in [-0.1, -0.05) is 131 Å². The van der Waals surface area contributed by atoms with Crippen LogP contribution in [0.25, 0.3) is 0 Å². The summed E-state index contributed by atoms with van der Waals surface area (Å²) in [5, 5.41) is 0. The molecule has 0 aliphatic heterocycles. The van der Waals surface area contributed by atoms with E-state index in [1.165, 1.54) is 81.1 Å². The third kappa shape index (κ3) is 16.7. The summed E-state index contributed by atoms with van der Waals surface area (Å²) in [6.45, 7) is 2.28. The molecule has 0 bridgehead atoms. The van der Waals surface area contributed by atoms with Gasteiger partial charge in [-0.2, -0.15) is 127 Å². The highest BCUT2D eigenvalue weighted by atomic mass is 32.1. The lowest BCUT2D eigenvalue weighted by atomic mass is 9.12. The first kappa shape index (κ1) is 63.4. The van der Waals surface area contributed by atoms with Gasteiger partial charge in [0.05, 0.1) is 44.5 Å². The van der Waals surface area contributed by atoms with Crippen molar-refractivity contribution in [2.45, 2.75) is 132 Å². The Hall–Kier alpha value is -5.17. The molecule has 0 heterocycles. The van der Waals surface area contributed by atoms with Crippen LogP contribution in [0.1, 0.15) is 121 Å². The molecule has 0 aliphatic carbocycles. The molecule has 0 nitrogen and oxygen atoms in total. The number of rotatable bonds is 15. The molecule has 0 fully saturated rings. The molecule has 0 radical (unpaired) electrons. The first-order valence-electron chi connectivity index (χ1n) is 22.8. The highest BCUT2D eigenvalue weighted by Gasteiger charge is 2.47. The molecule has 0 saturated heterocycles. The number of hydrogen-bond acceptors (Lipinski definition) is 0. The normalized spacial score (nSPS) is 13.4. The van der Waals surface area contributed by atoms with Gasteiger partial charge in [-0.25, -0.2) is 0 Å². The van der Waals surface area contributed by atoms with Gasteiger partial charge in [-0.3, -0.25) is 0 Å². The highest BCUT2D eigenvalue weighted by Crippen LogP contribution is 2.41. The van der Waals surface area contributed by atoms with Crippen LogP contribution in [-0.2, 0) is 68.5 Å². The zero-order valence-corrected chi connectivity index (χ0v) is 40.2. The number of unbranched alkanes of at least 4 members (excludes halogenated alkanes) is 9. The predicted molar refractivity (Wildman–Crippen MR) is 240 cm³/mol. The van der Waals surface area contributed by atoms with E-state index in [1.807, 2.05) is 0 Å². The maximum absolute atomic E-state index is 14.2. The maximum Gasteiger partial charge on any atom is 0.416 e. The largest absolute Gasteiger partial charge is 0.416 e. The van der Waals surface area contributed by atoms with Gasteiger partial charge in [0.15, 0.2) is 4.90 Å². The van der Waals surface area contributed by atoms with Crippen LogP contribution in [0.2, 0.25) is 0 Å². The standard InChI is InChI=1S/C32H12BF24.C18H30S/c34-25(35,36)13-1-14(26(37,38)39)6-21(5-13)33(22-7-15(27(40,41)42)2-16(8-22)28(43,44)45,23-9-17(29(46,47)48)3-18(10-23)30(49,50)51)24-11-19(31(52,53)54)4-20(12-24)32(55,56)57;1-2-3-4-5-6-7-8-9-10-11-14-17-15-12-13-16-18(17)19/h1-12H;12-13,15-16,19H,2-11,14H2,1H3/q-1;/p+1. The number of halogens is 24. The van der Waals surface area contributed by atoms with E-state index in [1.54, 1.807) is 0 Å². The highest BCUT2D eigenvalue weighted by molar-refractivity contribution is 7.58. The molecule has 0 amide bonds. The summed E-state index contributed by atoms with van der Waals surface area (Å²) in [5.74, 6) is 0. The zero-order valence-electron chi connectivity index (χ0n) is 39.2. The molecule has 0 atom stereocenters. The molecule has 5 aromatic rings. The Morgan fingerprint density at radius 2 is 0.513 bits per heavy atom. The van der Waals surface area contributed by atoms with Crippen molar-refractivity contribution in [2.24, 2.45) is 0 Å². The Kier molecular flexibility index (Phi) is 19.9. The average molecular weight is 1140 g/mol. The minimum Gasteiger partial charge on any atom is -0.194 e. The van der Waals surface area contributed by atoms with Gasteiger partial charge in [-0.15, -0.1) is 0 Å². The summed E-state index contributed by atoms with van der Waals surface area (Å²) in [4.78, 5) is 1.26. The molecule has 0 spiro atoms. The second kappa shape index (κ2) is 23.8. The van der Waals surface area contributed by atoms with Crippen LogP contribution >= 0.6 is 0 Å². The number of hydrogen-bond donors (Lipinski definition) is 0. The molecule has 5 aromatic carbocycles. The summed E-state index contributed by atoms with van der Waals surface area (Å²) in [5.41, 5.74) is -28.7. The molecule has 0 aliphatic rings. The van der Waals surface area contributed by atoms with Gasteiger partial charge in [0.25, 0.3) is 0 Å². The van der Waals surface area contributed by atoms with Crippen molar-refractivity contribution in [1.29, 1.82) is 0 Å². The molecular weight excluding hydrogens is 1100 g/mol. The number of benzene rings is 5. The van der Waals surface area contributed by atoms with E-state index in [0.717, 1.165) is 0 Å². The van der Waals surface area contributed by atoms with E-state index >= 15 is 0 Å². The molecular formula is C50H43BF24S. The summed E-state index contributed by atoms with van der Waals surface area (Å²) in [6.07, 6.45) is -39.5. The first-order valence-corrected chi connectivity index (χ1v) is 23.3. The van der Waals surface area contributed by atoms with Crippen LogP contribution in [-0.4, -0.2) is 6.15 Å². The Balaban J connectivity index is 0.000000552. The van der Waals surface area contributed by atoms with Crippen molar-refractivity contribution in [3.05, 3.63) is 147 Å². The minimum atomic E-state index is -6.13. The van der Waals surface area contributed by atoms with Gasteiger partial charge in [0.1, 0.15) is 6.15 Å². The fraction of sp³-hybridized carbons (Fsp3) is 0.400. The monoisotopic (exact) mass is 1140 g/mol. The second-order valence-electron chi connectivity index (χ2n) is 17.8. The summed E-state index contributed by atoms with van der Waals surface area (Å²) in [7, 11) is 0. The quantitative estimate of drug-likeness (QED) is 0.0424. The van der Waals surface area contributed by atoms with E-state index in [4.69, 9.17) is 0 Å². The molecule has 5 rings (SSSR count). The van der Waals surface area contributed by atoms with Gasteiger partial charge >= 0.3 is 49.4 Å². The second-order valence-corrected chi connectivity index (χ2v) is 18.4. The smallest absolute Gasteiger partial charge is 0.194 e. The van der Waals surface area contributed by atoms with Gasteiger partial charge < -0.3 is 0 Å². The molecule has 0 aromatic heterocycles. The van der Waals surface area contributed by atoms with Crippen molar-refractivity contribution in [1.82, 2.24) is 0 Å². The molecule has 420 valence electrons. The van der Waals surface area contributed by atoms with Crippen molar-refractivity contribution in [3.8, 4) is 0 Å². The molecule has 76 heavy (non-hydrogen) atoms. The van der Waals surface area contributed by atoms with Crippen LogP contribution in [0.4, 0.5) is 105 Å². The molecule has 0 N–H and O–H groups in total. The number of aryl methyl sites for hydroxylation is 1. The van der Waals surface area contributed by atoms with Gasteiger partial charge in [-0.05, 0) is 55.8 Å².